The van der Waals surface area contributed by atoms with E-state index >= 15 is 0 Å². The van der Waals surface area contributed by atoms with Crippen LogP contribution in [0.15, 0.2) is 30.3 Å². The van der Waals surface area contributed by atoms with E-state index in [1.807, 2.05) is 25.1 Å². The second-order valence-corrected chi connectivity index (χ2v) is 6.93. The molecule has 0 bridgehead atoms. The third-order valence-electron chi connectivity index (χ3n) is 5.31. The first-order valence-corrected chi connectivity index (χ1v) is 9.27. The fourth-order valence-corrected chi connectivity index (χ4v) is 3.62. The summed E-state index contributed by atoms with van der Waals surface area (Å²) in [5.41, 5.74) is 3.09. The number of nitrogens with zero attached hydrogens (tertiary/aromatic N) is 1. The number of amides is 1. The zero-order valence-corrected chi connectivity index (χ0v) is 16.3. The summed E-state index contributed by atoms with van der Waals surface area (Å²) in [5, 5.41) is 2.97. The standard InChI is InChI=1S/C21H24N2O5/c1-13(21(24)22-16-4-5-17-20(10-16)28-12-27-17)23-7-6-14-8-18(25-2)19(26-3)9-15(14)11-23/h4-5,8-10,13H,6-7,11-12H2,1-3H3,(H,22,24)/t13-/m1/s1. The van der Waals surface area contributed by atoms with Crippen molar-refractivity contribution in [1.29, 1.82) is 0 Å². The highest BCUT2D eigenvalue weighted by molar-refractivity contribution is 5.94. The van der Waals surface area contributed by atoms with Crippen molar-refractivity contribution in [2.75, 3.05) is 32.9 Å². The van der Waals surface area contributed by atoms with E-state index < -0.39 is 0 Å². The molecule has 0 fully saturated rings. The summed E-state index contributed by atoms with van der Waals surface area (Å²) in [4.78, 5) is 14.9. The second-order valence-electron chi connectivity index (χ2n) is 6.93. The summed E-state index contributed by atoms with van der Waals surface area (Å²) in [5.74, 6) is 2.74. The Bertz CT molecular complexity index is 899. The zero-order chi connectivity index (χ0) is 19.7. The van der Waals surface area contributed by atoms with Gasteiger partial charge in [-0.05, 0) is 48.7 Å². The molecule has 4 rings (SSSR count). The van der Waals surface area contributed by atoms with Gasteiger partial charge in [0, 0.05) is 24.8 Å². The van der Waals surface area contributed by atoms with Crippen molar-refractivity contribution in [3.63, 3.8) is 0 Å². The Morgan fingerprint density at radius 3 is 2.54 bits per heavy atom. The van der Waals surface area contributed by atoms with Crippen LogP contribution in [0.3, 0.4) is 0 Å². The van der Waals surface area contributed by atoms with E-state index in [4.69, 9.17) is 18.9 Å². The van der Waals surface area contributed by atoms with Crippen LogP contribution in [0.5, 0.6) is 23.0 Å². The number of methoxy groups -OCH3 is 2. The van der Waals surface area contributed by atoms with E-state index in [0.717, 1.165) is 24.3 Å². The lowest BCUT2D eigenvalue weighted by Gasteiger charge is -2.33. The number of hydrogen-bond donors (Lipinski definition) is 1. The van der Waals surface area contributed by atoms with Gasteiger partial charge in [-0.1, -0.05) is 0 Å². The average Bonchev–Trinajstić information content (AvgIpc) is 3.19. The van der Waals surface area contributed by atoms with Crippen molar-refractivity contribution in [2.45, 2.75) is 25.9 Å². The fourth-order valence-electron chi connectivity index (χ4n) is 3.62. The van der Waals surface area contributed by atoms with E-state index in [-0.39, 0.29) is 18.7 Å². The molecular weight excluding hydrogens is 360 g/mol. The van der Waals surface area contributed by atoms with Gasteiger partial charge in [0.1, 0.15) is 0 Å². The third kappa shape index (κ3) is 3.45. The highest BCUT2D eigenvalue weighted by atomic mass is 16.7. The average molecular weight is 384 g/mol. The van der Waals surface area contributed by atoms with Crippen molar-refractivity contribution < 1.29 is 23.7 Å². The number of anilines is 1. The van der Waals surface area contributed by atoms with Crippen LogP contribution < -0.4 is 24.3 Å². The molecule has 1 atom stereocenters. The molecule has 0 saturated heterocycles. The number of rotatable bonds is 5. The minimum atomic E-state index is -0.272. The van der Waals surface area contributed by atoms with Gasteiger partial charge < -0.3 is 24.3 Å². The van der Waals surface area contributed by atoms with Gasteiger partial charge in [0.05, 0.1) is 20.3 Å². The van der Waals surface area contributed by atoms with Crippen molar-refractivity contribution in [1.82, 2.24) is 4.90 Å². The smallest absolute Gasteiger partial charge is 0.241 e. The summed E-state index contributed by atoms with van der Waals surface area (Å²) in [6.07, 6.45) is 0.858. The first kappa shape index (κ1) is 18.4. The number of nitrogens with one attached hydrogen (secondary N) is 1. The molecule has 0 saturated carbocycles. The van der Waals surface area contributed by atoms with Crippen LogP contribution in [0.25, 0.3) is 0 Å². The lowest BCUT2D eigenvalue weighted by atomic mass is 9.97. The first-order valence-electron chi connectivity index (χ1n) is 9.27. The van der Waals surface area contributed by atoms with Crippen LogP contribution in [0, 0.1) is 0 Å². The molecule has 0 aromatic heterocycles. The maximum atomic E-state index is 12.8. The number of hydrogen-bond acceptors (Lipinski definition) is 6. The van der Waals surface area contributed by atoms with E-state index in [2.05, 4.69) is 10.2 Å². The van der Waals surface area contributed by atoms with Crippen LogP contribution in [-0.4, -0.2) is 44.4 Å². The third-order valence-corrected chi connectivity index (χ3v) is 5.31. The number of ether oxygens (including phenoxy) is 4. The van der Waals surface area contributed by atoms with Crippen molar-refractivity contribution >= 4 is 11.6 Å². The molecule has 7 nitrogen and oxygen atoms in total. The van der Waals surface area contributed by atoms with Gasteiger partial charge >= 0.3 is 0 Å². The molecule has 148 valence electrons. The summed E-state index contributed by atoms with van der Waals surface area (Å²) >= 11 is 0. The van der Waals surface area contributed by atoms with Crippen LogP contribution in [-0.2, 0) is 17.8 Å². The number of carbonyl (C=O) groups excluding carboxylic acids is 1. The largest absolute Gasteiger partial charge is 0.493 e. The van der Waals surface area contributed by atoms with Crippen molar-refractivity contribution in [2.24, 2.45) is 0 Å². The normalized spacial score (nSPS) is 16.2. The molecule has 0 spiro atoms. The van der Waals surface area contributed by atoms with Crippen molar-refractivity contribution in [3.8, 4) is 23.0 Å². The summed E-state index contributed by atoms with van der Waals surface area (Å²) < 4.78 is 21.5. The van der Waals surface area contributed by atoms with Gasteiger partial charge in [0.15, 0.2) is 23.0 Å². The minimum Gasteiger partial charge on any atom is -0.493 e. The number of fused-ring (bicyclic) bond motifs is 2. The highest BCUT2D eigenvalue weighted by Crippen LogP contribution is 2.35. The molecule has 2 aliphatic heterocycles. The van der Waals surface area contributed by atoms with Crippen LogP contribution >= 0.6 is 0 Å². The monoisotopic (exact) mass is 384 g/mol. The fraction of sp³-hybridized carbons (Fsp3) is 0.381. The summed E-state index contributed by atoms with van der Waals surface area (Å²) in [7, 11) is 3.27. The Balaban J connectivity index is 1.45. The van der Waals surface area contributed by atoms with Gasteiger partial charge in [0.2, 0.25) is 12.7 Å². The molecule has 2 heterocycles. The Morgan fingerprint density at radius 1 is 1.07 bits per heavy atom. The molecule has 0 unspecified atom stereocenters. The maximum absolute atomic E-state index is 12.8. The molecule has 0 radical (unpaired) electrons. The van der Waals surface area contributed by atoms with Crippen LogP contribution in [0.2, 0.25) is 0 Å². The Labute approximate surface area is 164 Å². The molecule has 2 aromatic rings. The highest BCUT2D eigenvalue weighted by Gasteiger charge is 2.27. The minimum absolute atomic E-state index is 0.0530. The Morgan fingerprint density at radius 2 is 1.79 bits per heavy atom. The maximum Gasteiger partial charge on any atom is 0.241 e. The van der Waals surface area contributed by atoms with Gasteiger partial charge in [-0.2, -0.15) is 0 Å². The van der Waals surface area contributed by atoms with E-state index in [9.17, 15) is 4.79 Å². The van der Waals surface area contributed by atoms with E-state index in [0.29, 0.717) is 29.5 Å². The molecule has 2 aliphatic rings. The summed E-state index contributed by atoms with van der Waals surface area (Å²) in [6.45, 7) is 3.63. The molecule has 2 aromatic carbocycles. The van der Waals surface area contributed by atoms with Gasteiger partial charge in [-0.3, -0.25) is 9.69 Å². The molecule has 1 amide bonds. The topological polar surface area (TPSA) is 69.3 Å². The number of carbonyl (C=O) groups is 1. The molecule has 28 heavy (non-hydrogen) atoms. The lowest BCUT2D eigenvalue weighted by Crippen LogP contribution is -2.44. The number of benzene rings is 2. The predicted octanol–water partition coefficient (Wildman–Crippen LogP) is 2.82. The SMILES string of the molecule is COc1cc2c(cc1OC)CN([C@H](C)C(=O)Nc1ccc3c(c1)OCO3)CC2. The predicted molar refractivity (Wildman–Crippen MR) is 104 cm³/mol. The molecule has 1 N–H and O–H groups in total. The first-order chi connectivity index (χ1) is 13.6. The Hall–Kier alpha value is -2.93. The molecule has 0 aliphatic carbocycles. The van der Waals surface area contributed by atoms with Gasteiger partial charge in [-0.25, -0.2) is 0 Å². The zero-order valence-electron chi connectivity index (χ0n) is 16.3. The van der Waals surface area contributed by atoms with Crippen LogP contribution in [0.1, 0.15) is 18.1 Å². The summed E-state index contributed by atoms with van der Waals surface area (Å²) in [6, 6.07) is 9.17. The second kappa shape index (κ2) is 7.59. The van der Waals surface area contributed by atoms with Crippen LogP contribution in [0.4, 0.5) is 5.69 Å². The van der Waals surface area contributed by atoms with E-state index in [1.54, 1.807) is 26.4 Å². The van der Waals surface area contributed by atoms with Gasteiger partial charge in [0.25, 0.3) is 0 Å². The quantitative estimate of drug-likeness (QED) is 0.855. The lowest BCUT2D eigenvalue weighted by molar-refractivity contribution is -0.121. The Kier molecular flexibility index (Phi) is 5.00. The van der Waals surface area contributed by atoms with E-state index in [1.165, 1.54) is 5.56 Å². The van der Waals surface area contributed by atoms with Gasteiger partial charge in [-0.15, -0.1) is 0 Å². The van der Waals surface area contributed by atoms with Crippen molar-refractivity contribution in [3.05, 3.63) is 41.5 Å². The molecular formula is C21H24N2O5. The molecule has 7 heteroatoms.